The summed E-state index contributed by atoms with van der Waals surface area (Å²) in [5, 5.41) is 12.5. The van der Waals surface area contributed by atoms with Crippen molar-refractivity contribution >= 4 is 22.5 Å². The Morgan fingerprint density at radius 3 is 2.47 bits per heavy atom. The largest absolute Gasteiger partial charge is 0.325 e. The van der Waals surface area contributed by atoms with Gasteiger partial charge in [0.05, 0.1) is 0 Å². The normalized spacial score (nSPS) is 16.6. The van der Waals surface area contributed by atoms with Gasteiger partial charge in [-0.1, -0.05) is 44.9 Å². The molecule has 0 radical (unpaired) electrons. The lowest BCUT2D eigenvalue weighted by atomic mass is 9.98. The van der Waals surface area contributed by atoms with Crippen LogP contribution in [0.25, 0.3) is 0 Å². The fourth-order valence-corrected chi connectivity index (χ4v) is 3.00. The quantitative estimate of drug-likeness (QED) is 0.906. The third kappa shape index (κ3) is 3.43. The fourth-order valence-electron chi connectivity index (χ4n) is 2.21. The molecule has 5 nitrogen and oxygen atoms in total. The zero-order chi connectivity index (χ0) is 14.0. The second kappa shape index (κ2) is 5.45. The van der Waals surface area contributed by atoms with E-state index in [9.17, 15) is 4.79 Å². The van der Waals surface area contributed by atoms with E-state index in [0.717, 1.165) is 17.8 Å². The van der Waals surface area contributed by atoms with Crippen molar-refractivity contribution in [3.63, 3.8) is 0 Å². The monoisotopic (exact) mass is 282 g/mol. The summed E-state index contributed by atoms with van der Waals surface area (Å²) in [6, 6.07) is 0.290. The highest BCUT2D eigenvalue weighted by atomic mass is 32.1. The van der Waals surface area contributed by atoms with E-state index in [4.69, 9.17) is 0 Å². The molecule has 2 rings (SSSR count). The van der Waals surface area contributed by atoms with E-state index in [1.165, 1.54) is 24.2 Å². The maximum atomic E-state index is 12.1. The number of carbonyl (C=O) groups is 1. The Morgan fingerprint density at radius 1 is 1.32 bits per heavy atom. The molecule has 1 N–H and O–H groups in total. The van der Waals surface area contributed by atoms with E-state index in [1.807, 2.05) is 7.05 Å². The van der Waals surface area contributed by atoms with Crippen molar-refractivity contribution in [3.8, 4) is 0 Å². The Balaban J connectivity index is 1.96. The van der Waals surface area contributed by atoms with E-state index < -0.39 is 0 Å². The lowest BCUT2D eigenvalue weighted by Gasteiger charge is -2.23. The fraction of sp³-hybridized carbons (Fsp3) is 0.769. The van der Waals surface area contributed by atoms with Gasteiger partial charge in [0.15, 0.2) is 0 Å². The van der Waals surface area contributed by atoms with Gasteiger partial charge in [0.1, 0.15) is 5.01 Å². The molecule has 1 heterocycles. The van der Waals surface area contributed by atoms with E-state index in [0.29, 0.717) is 11.2 Å². The molecule has 6 heteroatoms. The first kappa shape index (κ1) is 14.2. The molecule has 19 heavy (non-hydrogen) atoms. The summed E-state index contributed by atoms with van der Waals surface area (Å²) in [4.78, 5) is 13.9. The van der Waals surface area contributed by atoms with Crippen molar-refractivity contribution in [3.05, 3.63) is 5.01 Å². The van der Waals surface area contributed by atoms with Crippen LogP contribution in [-0.4, -0.2) is 34.2 Å². The SMILES string of the molecule is CN(C(=O)Nc1nnc(C(C)(C)C)s1)C1CCCC1. The minimum absolute atomic E-state index is 0.0298. The number of rotatable bonds is 2. The Labute approximate surface area is 118 Å². The van der Waals surface area contributed by atoms with Gasteiger partial charge in [-0.05, 0) is 12.8 Å². The summed E-state index contributed by atoms with van der Waals surface area (Å²) in [5.74, 6) is 0. The molecule has 2 amide bonds. The van der Waals surface area contributed by atoms with Crippen LogP contribution >= 0.6 is 11.3 Å². The van der Waals surface area contributed by atoms with Crippen molar-refractivity contribution in [1.29, 1.82) is 0 Å². The molecule has 1 aliphatic carbocycles. The van der Waals surface area contributed by atoms with Crippen LogP contribution in [-0.2, 0) is 5.41 Å². The van der Waals surface area contributed by atoms with Crippen LogP contribution in [0.15, 0.2) is 0 Å². The summed E-state index contributed by atoms with van der Waals surface area (Å²) in [6.45, 7) is 6.26. The van der Waals surface area contributed by atoms with Crippen LogP contribution in [0.3, 0.4) is 0 Å². The Kier molecular flexibility index (Phi) is 4.08. The highest BCUT2D eigenvalue weighted by molar-refractivity contribution is 7.15. The predicted molar refractivity (Wildman–Crippen MR) is 77.6 cm³/mol. The molecule has 1 fully saturated rings. The Morgan fingerprint density at radius 2 is 1.95 bits per heavy atom. The number of hydrogen-bond donors (Lipinski definition) is 1. The topological polar surface area (TPSA) is 58.1 Å². The smallest absolute Gasteiger partial charge is 0.323 e. The van der Waals surface area contributed by atoms with Crippen molar-refractivity contribution in [1.82, 2.24) is 15.1 Å². The maximum absolute atomic E-state index is 12.1. The average molecular weight is 282 g/mol. The van der Waals surface area contributed by atoms with E-state index in [2.05, 4.69) is 36.3 Å². The average Bonchev–Trinajstić information content (AvgIpc) is 2.97. The first-order valence-corrected chi connectivity index (χ1v) is 7.57. The number of urea groups is 1. The highest BCUT2D eigenvalue weighted by Gasteiger charge is 2.25. The summed E-state index contributed by atoms with van der Waals surface area (Å²) in [6.07, 6.45) is 4.64. The minimum atomic E-state index is -0.0801. The first-order chi connectivity index (χ1) is 8.88. The molecule has 0 bridgehead atoms. The first-order valence-electron chi connectivity index (χ1n) is 6.76. The third-order valence-corrected chi connectivity index (χ3v) is 4.74. The predicted octanol–water partition coefficient (Wildman–Crippen LogP) is 3.24. The van der Waals surface area contributed by atoms with E-state index >= 15 is 0 Å². The van der Waals surface area contributed by atoms with Crippen LogP contribution in [0.2, 0.25) is 0 Å². The van der Waals surface area contributed by atoms with Crippen molar-refractivity contribution in [2.24, 2.45) is 0 Å². The molecule has 0 spiro atoms. The molecule has 0 saturated heterocycles. The highest BCUT2D eigenvalue weighted by Crippen LogP contribution is 2.28. The van der Waals surface area contributed by atoms with Gasteiger partial charge in [0.25, 0.3) is 0 Å². The van der Waals surface area contributed by atoms with Gasteiger partial charge < -0.3 is 4.90 Å². The van der Waals surface area contributed by atoms with Gasteiger partial charge in [-0.15, -0.1) is 10.2 Å². The molecular formula is C13H22N4OS. The van der Waals surface area contributed by atoms with Gasteiger partial charge >= 0.3 is 6.03 Å². The molecule has 1 saturated carbocycles. The molecule has 0 unspecified atom stereocenters. The third-order valence-electron chi connectivity index (χ3n) is 3.47. The van der Waals surface area contributed by atoms with Crippen LogP contribution in [0.5, 0.6) is 0 Å². The van der Waals surface area contributed by atoms with Gasteiger partial charge in [-0.3, -0.25) is 5.32 Å². The van der Waals surface area contributed by atoms with Gasteiger partial charge in [0.2, 0.25) is 5.13 Å². The van der Waals surface area contributed by atoms with Gasteiger partial charge in [0, 0.05) is 18.5 Å². The summed E-state index contributed by atoms with van der Waals surface area (Å²) < 4.78 is 0. The standard InChI is InChI=1S/C13H22N4OS/c1-13(2,3)10-15-16-11(19-10)14-12(18)17(4)9-7-5-6-8-9/h9H,5-8H2,1-4H3,(H,14,16,18). The maximum Gasteiger partial charge on any atom is 0.323 e. The number of aromatic nitrogens is 2. The zero-order valence-corrected chi connectivity index (χ0v) is 12.9. The van der Waals surface area contributed by atoms with Crippen LogP contribution in [0.1, 0.15) is 51.5 Å². The van der Waals surface area contributed by atoms with Gasteiger partial charge in [-0.25, -0.2) is 4.79 Å². The lowest BCUT2D eigenvalue weighted by Crippen LogP contribution is -2.38. The van der Waals surface area contributed by atoms with Crippen LogP contribution in [0, 0.1) is 0 Å². The molecule has 1 aromatic heterocycles. The van der Waals surface area contributed by atoms with Gasteiger partial charge in [-0.2, -0.15) is 0 Å². The Bertz CT molecular complexity index is 446. The second-order valence-electron chi connectivity index (χ2n) is 6.14. The zero-order valence-electron chi connectivity index (χ0n) is 12.1. The number of amides is 2. The van der Waals surface area contributed by atoms with Crippen molar-refractivity contribution < 1.29 is 4.79 Å². The summed E-state index contributed by atoms with van der Waals surface area (Å²) in [7, 11) is 1.86. The second-order valence-corrected chi connectivity index (χ2v) is 7.12. The summed E-state index contributed by atoms with van der Waals surface area (Å²) in [5.41, 5.74) is -0.0298. The summed E-state index contributed by atoms with van der Waals surface area (Å²) >= 11 is 1.45. The number of carbonyl (C=O) groups excluding carboxylic acids is 1. The van der Waals surface area contributed by atoms with E-state index in [-0.39, 0.29) is 11.4 Å². The molecule has 106 valence electrons. The number of hydrogen-bond acceptors (Lipinski definition) is 4. The van der Waals surface area contributed by atoms with Crippen molar-refractivity contribution in [2.75, 3.05) is 12.4 Å². The van der Waals surface area contributed by atoms with Crippen LogP contribution < -0.4 is 5.32 Å². The molecular weight excluding hydrogens is 260 g/mol. The number of nitrogens with one attached hydrogen (secondary N) is 1. The Hall–Kier alpha value is -1.17. The lowest BCUT2D eigenvalue weighted by molar-refractivity contribution is 0.205. The molecule has 1 aromatic rings. The molecule has 1 aliphatic rings. The molecule has 0 aliphatic heterocycles. The van der Waals surface area contributed by atoms with Crippen LogP contribution in [0.4, 0.5) is 9.93 Å². The minimum Gasteiger partial charge on any atom is -0.325 e. The number of nitrogens with zero attached hydrogens (tertiary/aromatic N) is 3. The molecule has 0 atom stereocenters. The van der Waals surface area contributed by atoms with Crippen molar-refractivity contribution in [2.45, 2.75) is 57.9 Å². The number of anilines is 1. The molecule has 0 aromatic carbocycles. The van der Waals surface area contributed by atoms with E-state index in [1.54, 1.807) is 4.90 Å².